The molecule has 2 aromatic carbocycles. The maximum Gasteiger partial charge on any atom is 0.225 e. The average molecular weight is 442 g/mol. The summed E-state index contributed by atoms with van der Waals surface area (Å²) in [4.78, 5) is 17.9. The standard InChI is InChI=1S/C25H25F3N2O2/c26-18-5-3-15(4-6-18)23-22(20-10-19(27)11-21(28)24(20)29-23)16-8-17(9-16)25(32)30-7-1-2-14(12-30)13-31/h3-6,10-11,14,16-17,29,31H,1-2,7-9,12-13H2/t14-,16-,17-/m1/s1. The molecule has 2 fully saturated rings. The monoisotopic (exact) mass is 442 g/mol. The first kappa shape index (κ1) is 21.1. The lowest BCUT2D eigenvalue weighted by atomic mass is 9.69. The first-order chi connectivity index (χ1) is 15.4. The maximum absolute atomic E-state index is 14.5. The number of hydrogen-bond acceptors (Lipinski definition) is 2. The van der Waals surface area contributed by atoms with Gasteiger partial charge in [-0.15, -0.1) is 0 Å². The van der Waals surface area contributed by atoms with Crippen LogP contribution in [-0.4, -0.2) is 40.6 Å². The Morgan fingerprint density at radius 3 is 2.56 bits per heavy atom. The number of aliphatic hydroxyl groups excluding tert-OH is 1. The number of rotatable bonds is 4. The molecule has 1 saturated heterocycles. The van der Waals surface area contributed by atoms with Gasteiger partial charge < -0.3 is 15.0 Å². The van der Waals surface area contributed by atoms with Crippen molar-refractivity contribution in [3.05, 3.63) is 59.4 Å². The molecule has 1 saturated carbocycles. The van der Waals surface area contributed by atoms with Gasteiger partial charge in [0.2, 0.25) is 5.91 Å². The van der Waals surface area contributed by atoms with Crippen LogP contribution in [0.15, 0.2) is 36.4 Å². The molecule has 0 bridgehead atoms. The number of aliphatic hydroxyl groups is 1. The second-order valence-corrected chi connectivity index (χ2v) is 9.07. The second-order valence-electron chi connectivity index (χ2n) is 9.07. The number of benzene rings is 2. The van der Waals surface area contributed by atoms with Crippen LogP contribution in [0, 0.1) is 29.3 Å². The lowest BCUT2D eigenvalue weighted by molar-refractivity contribution is -0.140. The van der Waals surface area contributed by atoms with Crippen molar-refractivity contribution in [1.82, 2.24) is 9.88 Å². The number of piperidine rings is 1. The van der Waals surface area contributed by atoms with Gasteiger partial charge in [0.1, 0.15) is 17.5 Å². The highest BCUT2D eigenvalue weighted by Gasteiger charge is 2.41. The molecule has 0 spiro atoms. The minimum Gasteiger partial charge on any atom is -0.396 e. The van der Waals surface area contributed by atoms with Crippen LogP contribution in [0.4, 0.5) is 13.2 Å². The number of amides is 1. The number of likely N-dealkylation sites (tertiary alicyclic amines) is 1. The maximum atomic E-state index is 14.5. The van der Waals surface area contributed by atoms with E-state index in [9.17, 15) is 23.1 Å². The molecule has 1 aliphatic heterocycles. The van der Waals surface area contributed by atoms with Gasteiger partial charge in [-0.05, 0) is 79.0 Å². The minimum absolute atomic E-state index is 0.0302. The largest absolute Gasteiger partial charge is 0.396 e. The number of nitrogens with zero attached hydrogens (tertiary/aromatic N) is 1. The molecule has 1 amide bonds. The SMILES string of the molecule is O=C([C@H]1C[C@H](c2c(-c3ccc(F)cc3)[nH]c3c(F)cc(F)cc32)C1)N1CCC[C@@H](CO)C1. The van der Waals surface area contributed by atoms with E-state index in [1.165, 1.54) is 18.2 Å². The first-order valence-electron chi connectivity index (χ1n) is 11.1. The summed E-state index contributed by atoms with van der Waals surface area (Å²) in [6.45, 7) is 1.38. The summed E-state index contributed by atoms with van der Waals surface area (Å²) >= 11 is 0. The number of carbonyl (C=O) groups excluding carboxylic acids is 1. The van der Waals surface area contributed by atoms with E-state index in [0.717, 1.165) is 24.5 Å². The number of H-pyrrole nitrogens is 1. The van der Waals surface area contributed by atoms with Crippen LogP contribution >= 0.6 is 0 Å². The highest BCUT2D eigenvalue weighted by Crippen LogP contribution is 2.49. The summed E-state index contributed by atoms with van der Waals surface area (Å²) in [5.41, 5.74) is 2.32. The van der Waals surface area contributed by atoms with E-state index in [-0.39, 0.29) is 41.6 Å². The highest BCUT2D eigenvalue weighted by atomic mass is 19.1. The molecular formula is C25H25F3N2O2. The van der Waals surface area contributed by atoms with E-state index < -0.39 is 11.6 Å². The number of halogens is 3. The van der Waals surface area contributed by atoms with Gasteiger partial charge in [-0.1, -0.05) is 0 Å². The Kier molecular flexibility index (Phi) is 5.45. The van der Waals surface area contributed by atoms with E-state index >= 15 is 0 Å². The van der Waals surface area contributed by atoms with Gasteiger partial charge in [-0.3, -0.25) is 4.79 Å². The molecule has 2 heterocycles. The van der Waals surface area contributed by atoms with Crippen molar-refractivity contribution >= 4 is 16.8 Å². The lowest BCUT2D eigenvalue weighted by Gasteiger charge is -2.40. The molecule has 3 aromatic rings. The van der Waals surface area contributed by atoms with Crippen LogP contribution in [-0.2, 0) is 4.79 Å². The Labute approximate surface area is 184 Å². The fourth-order valence-corrected chi connectivity index (χ4v) is 5.24. The lowest BCUT2D eigenvalue weighted by Crippen LogP contribution is -2.46. The summed E-state index contributed by atoms with van der Waals surface area (Å²) in [6.07, 6.45) is 3.01. The molecule has 7 heteroatoms. The van der Waals surface area contributed by atoms with Gasteiger partial charge in [-0.2, -0.15) is 0 Å². The average Bonchev–Trinajstić information content (AvgIpc) is 3.12. The van der Waals surface area contributed by atoms with Gasteiger partial charge in [0, 0.05) is 37.1 Å². The van der Waals surface area contributed by atoms with Crippen molar-refractivity contribution in [3.8, 4) is 11.3 Å². The van der Waals surface area contributed by atoms with E-state index in [2.05, 4.69) is 4.98 Å². The van der Waals surface area contributed by atoms with Gasteiger partial charge in [-0.25, -0.2) is 13.2 Å². The Balaban J connectivity index is 1.45. The van der Waals surface area contributed by atoms with Gasteiger partial charge in [0.05, 0.1) is 11.2 Å². The van der Waals surface area contributed by atoms with Crippen molar-refractivity contribution in [2.24, 2.45) is 11.8 Å². The first-order valence-corrected chi connectivity index (χ1v) is 11.1. The fourth-order valence-electron chi connectivity index (χ4n) is 5.24. The van der Waals surface area contributed by atoms with Crippen LogP contribution in [0.1, 0.15) is 37.2 Å². The zero-order valence-corrected chi connectivity index (χ0v) is 17.6. The number of aromatic amines is 1. The molecule has 2 N–H and O–H groups in total. The number of aromatic nitrogens is 1. The summed E-state index contributed by atoms with van der Waals surface area (Å²) in [5.74, 6) is -1.64. The predicted molar refractivity (Wildman–Crippen MR) is 115 cm³/mol. The Morgan fingerprint density at radius 1 is 1.09 bits per heavy atom. The summed E-state index contributed by atoms with van der Waals surface area (Å²) in [5, 5.41) is 9.91. The zero-order valence-electron chi connectivity index (χ0n) is 17.6. The third-order valence-electron chi connectivity index (χ3n) is 6.98. The van der Waals surface area contributed by atoms with Crippen LogP contribution in [0.3, 0.4) is 0 Å². The van der Waals surface area contributed by atoms with Crippen LogP contribution < -0.4 is 0 Å². The third-order valence-corrected chi connectivity index (χ3v) is 6.98. The molecule has 0 unspecified atom stereocenters. The Bertz CT molecular complexity index is 1150. The summed E-state index contributed by atoms with van der Waals surface area (Å²) in [6, 6.07) is 8.07. The number of fused-ring (bicyclic) bond motifs is 1. The molecule has 5 rings (SSSR count). The van der Waals surface area contributed by atoms with E-state index in [0.29, 0.717) is 42.6 Å². The zero-order chi connectivity index (χ0) is 22.4. The molecule has 0 radical (unpaired) electrons. The molecule has 168 valence electrons. The smallest absolute Gasteiger partial charge is 0.225 e. The molecule has 1 aromatic heterocycles. The minimum atomic E-state index is -0.676. The second kappa shape index (κ2) is 8.28. The van der Waals surface area contributed by atoms with Gasteiger partial charge in [0.25, 0.3) is 0 Å². The molecule has 4 nitrogen and oxygen atoms in total. The Morgan fingerprint density at radius 2 is 1.84 bits per heavy atom. The summed E-state index contributed by atoms with van der Waals surface area (Å²) < 4.78 is 42.0. The van der Waals surface area contributed by atoms with Crippen molar-refractivity contribution in [2.45, 2.75) is 31.6 Å². The van der Waals surface area contributed by atoms with Crippen molar-refractivity contribution in [3.63, 3.8) is 0 Å². The van der Waals surface area contributed by atoms with Gasteiger partial charge >= 0.3 is 0 Å². The van der Waals surface area contributed by atoms with Crippen molar-refractivity contribution < 1.29 is 23.1 Å². The van der Waals surface area contributed by atoms with Crippen molar-refractivity contribution in [1.29, 1.82) is 0 Å². The van der Waals surface area contributed by atoms with Crippen molar-refractivity contribution in [2.75, 3.05) is 19.7 Å². The molecule has 2 aliphatic rings. The molecule has 1 atom stereocenters. The summed E-state index contributed by atoms with van der Waals surface area (Å²) in [7, 11) is 0. The van der Waals surface area contributed by atoms with E-state index in [4.69, 9.17) is 0 Å². The topological polar surface area (TPSA) is 56.3 Å². The fraction of sp³-hybridized carbons (Fsp3) is 0.400. The van der Waals surface area contributed by atoms with Gasteiger partial charge in [0.15, 0.2) is 0 Å². The quantitative estimate of drug-likeness (QED) is 0.599. The van der Waals surface area contributed by atoms with Crippen LogP contribution in [0.25, 0.3) is 22.2 Å². The van der Waals surface area contributed by atoms with Crippen LogP contribution in [0.2, 0.25) is 0 Å². The highest BCUT2D eigenvalue weighted by molar-refractivity contribution is 5.92. The number of carbonyl (C=O) groups is 1. The normalized spacial score (nSPS) is 23.4. The van der Waals surface area contributed by atoms with Crippen LogP contribution in [0.5, 0.6) is 0 Å². The number of nitrogens with one attached hydrogen (secondary N) is 1. The van der Waals surface area contributed by atoms with E-state index in [1.54, 1.807) is 12.1 Å². The van der Waals surface area contributed by atoms with E-state index in [1.807, 2.05) is 4.90 Å². The Hall–Kier alpha value is -2.80. The third kappa shape index (κ3) is 3.68. The molecule has 1 aliphatic carbocycles. The molecule has 32 heavy (non-hydrogen) atoms. The predicted octanol–water partition coefficient (Wildman–Crippen LogP) is 4.98. The molecular weight excluding hydrogens is 417 g/mol. The number of hydrogen-bond donors (Lipinski definition) is 2.